The molecule has 24 heavy (non-hydrogen) atoms. The number of benzene rings is 1. The highest BCUT2D eigenvalue weighted by Gasteiger charge is 2.23. The predicted octanol–water partition coefficient (Wildman–Crippen LogP) is 4.00. The van der Waals surface area contributed by atoms with Gasteiger partial charge in [-0.15, -0.1) is 6.58 Å². The molecule has 3 rings (SSSR count). The van der Waals surface area contributed by atoms with Crippen LogP contribution in [0.4, 0.5) is 0 Å². The number of rotatable bonds is 5. The van der Waals surface area contributed by atoms with Gasteiger partial charge in [0, 0.05) is 19.2 Å². The molecule has 0 spiro atoms. The van der Waals surface area contributed by atoms with Gasteiger partial charge in [-0.05, 0) is 30.9 Å². The summed E-state index contributed by atoms with van der Waals surface area (Å²) in [5, 5.41) is 0.497. The Labute approximate surface area is 141 Å². The highest BCUT2D eigenvalue weighted by atomic mass is 16.3. The smallest absolute Gasteiger partial charge is 0.290 e. The van der Waals surface area contributed by atoms with Crippen molar-refractivity contribution in [2.24, 2.45) is 5.92 Å². The molecule has 4 nitrogen and oxygen atoms in total. The summed E-state index contributed by atoms with van der Waals surface area (Å²) < 4.78 is 5.70. The topological polar surface area (TPSA) is 50.5 Å². The maximum Gasteiger partial charge on any atom is 0.290 e. The van der Waals surface area contributed by atoms with Crippen molar-refractivity contribution in [3.05, 3.63) is 59.0 Å². The SMILES string of the molecule is C=CCN(CC1CCCCC1)C(=O)c1cc(=O)c2ccccc2o1. The summed E-state index contributed by atoms with van der Waals surface area (Å²) in [7, 11) is 0. The van der Waals surface area contributed by atoms with Crippen LogP contribution in [0, 0.1) is 5.92 Å². The first kappa shape index (κ1) is 16.5. The Kier molecular flexibility index (Phi) is 5.14. The van der Waals surface area contributed by atoms with Crippen LogP contribution in [0.5, 0.6) is 0 Å². The first-order chi connectivity index (χ1) is 11.7. The predicted molar refractivity (Wildman–Crippen MR) is 95.2 cm³/mol. The van der Waals surface area contributed by atoms with Gasteiger partial charge in [0.15, 0.2) is 11.2 Å². The van der Waals surface area contributed by atoms with Crippen LogP contribution in [-0.4, -0.2) is 23.9 Å². The summed E-state index contributed by atoms with van der Waals surface area (Å²) in [6.45, 7) is 4.91. The van der Waals surface area contributed by atoms with Crippen LogP contribution in [0.15, 0.2) is 52.2 Å². The fourth-order valence-corrected chi connectivity index (χ4v) is 3.44. The molecule has 0 atom stereocenters. The van der Waals surface area contributed by atoms with Crippen molar-refractivity contribution < 1.29 is 9.21 Å². The van der Waals surface area contributed by atoms with E-state index in [-0.39, 0.29) is 17.1 Å². The molecule has 1 amide bonds. The van der Waals surface area contributed by atoms with Crippen LogP contribution in [0.2, 0.25) is 0 Å². The number of nitrogens with zero attached hydrogens (tertiary/aromatic N) is 1. The van der Waals surface area contributed by atoms with E-state index in [1.165, 1.54) is 25.3 Å². The van der Waals surface area contributed by atoms with Gasteiger partial charge in [0.25, 0.3) is 5.91 Å². The van der Waals surface area contributed by atoms with Crippen molar-refractivity contribution in [2.45, 2.75) is 32.1 Å². The lowest BCUT2D eigenvalue weighted by Crippen LogP contribution is -2.36. The Morgan fingerprint density at radius 1 is 1.25 bits per heavy atom. The molecule has 0 aliphatic heterocycles. The van der Waals surface area contributed by atoms with Gasteiger partial charge >= 0.3 is 0 Å². The van der Waals surface area contributed by atoms with Gasteiger partial charge in [-0.1, -0.05) is 37.5 Å². The number of hydrogen-bond acceptors (Lipinski definition) is 3. The van der Waals surface area contributed by atoms with E-state index in [1.54, 1.807) is 35.2 Å². The standard InChI is InChI=1S/C20H23NO3/c1-2-12-21(14-15-8-4-3-5-9-15)20(23)19-13-17(22)16-10-6-7-11-18(16)24-19/h2,6-7,10-11,13,15H,1,3-5,8-9,12,14H2. The molecule has 1 heterocycles. The van der Waals surface area contributed by atoms with Crippen molar-refractivity contribution in [1.82, 2.24) is 4.90 Å². The number of carbonyl (C=O) groups is 1. The molecule has 1 aromatic heterocycles. The van der Waals surface area contributed by atoms with E-state index in [4.69, 9.17) is 4.42 Å². The number of carbonyl (C=O) groups excluding carboxylic acids is 1. The van der Waals surface area contributed by atoms with E-state index < -0.39 is 0 Å². The molecule has 0 unspecified atom stereocenters. The van der Waals surface area contributed by atoms with Crippen molar-refractivity contribution in [3.8, 4) is 0 Å². The number of hydrogen-bond donors (Lipinski definition) is 0. The van der Waals surface area contributed by atoms with E-state index in [0.717, 1.165) is 12.8 Å². The summed E-state index contributed by atoms with van der Waals surface area (Å²) in [5.41, 5.74) is 0.265. The second-order valence-corrected chi connectivity index (χ2v) is 6.47. The molecule has 1 saturated carbocycles. The molecule has 1 aliphatic rings. The van der Waals surface area contributed by atoms with Crippen LogP contribution in [-0.2, 0) is 0 Å². The van der Waals surface area contributed by atoms with Crippen molar-refractivity contribution in [1.29, 1.82) is 0 Å². The molecule has 4 heteroatoms. The maximum atomic E-state index is 12.8. The van der Waals surface area contributed by atoms with Crippen LogP contribution in [0.25, 0.3) is 11.0 Å². The van der Waals surface area contributed by atoms with Crippen LogP contribution in [0.1, 0.15) is 42.7 Å². The second kappa shape index (κ2) is 7.47. The minimum absolute atomic E-state index is 0.108. The number of fused-ring (bicyclic) bond motifs is 1. The van der Waals surface area contributed by atoms with Crippen molar-refractivity contribution in [3.63, 3.8) is 0 Å². The third kappa shape index (κ3) is 3.58. The van der Waals surface area contributed by atoms with E-state index in [0.29, 0.717) is 30.0 Å². The molecule has 2 aromatic rings. The van der Waals surface area contributed by atoms with Crippen molar-refractivity contribution >= 4 is 16.9 Å². The fourth-order valence-electron chi connectivity index (χ4n) is 3.44. The van der Waals surface area contributed by atoms with E-state index in [1.807, 2.05) is 0 Å². The fraction of sp³-hybridized carbons (Fsp3) is 0.400. The van der Waals surface area contributed by atoms with Gasteiger partial charge in [0.1, 0.15) is 5.58 Å². The summed E-state index contributed by atoms with van der Waals surface area (Å²) in [5.74, 6) is 0.398. The molecular weight excluding hydrogens is 302 g/mol. The molecule has 0 saturated heterocycles. The number of para-hydroxylation sites is 1. The Balaban J connectivity index is 1.86. The van der Waals surface area contributed by atoms with Gasteiger partial charge in [-0.25, -0.2) is 0 Å². The monoisotopic (exact) mass is 325 g/mol. The van der Waals surface area contributed by atoms with Gasteiger partial charge in [-0.3, -0.25) is 9.59 Å². The highest BCUT2D eigenvalue weighted by molar-refractivity contribution is 5.93. The van der Waals surface area contributed by atoms with Gasteiger partial charge in [0.2, 0.25) is 0 Å². The quantitative estimate of drug-likeness (QED) is 0.781. The Morgan fingerprint density at radius 3 is 2.75 bits per heavy atom. The third-order valence-electron chi connectivity index (χ3n) is 4.69. The zero-order chi connectivity index (χ0) is 16.9. The van der Waals surface area contributed by atoms with Gasteiger partial charge in [0.05, 0.1) is 5.39 Å². The molecule has 0 radical (unpaired) electrons. The van der Waals surface area contributed by atoms with E-state index in [9.17, 15) is 9.59 Å². The molecule has 0 N–H and O–H groups in total. The molecule has 1 aliphatic carbocycles. The van der Waals surface area contributed by atoms with Crippen LogP contribution < -0.4 is 5.43 Å². The first-order valence-electron chi connectivity index (χ1n) is 8.62. The van der Waals surface area contributed by atoms with E-state index in [2.05, 4.69) is 6.58 Å². The average molecular weight is 325 g/mol. The zero-order valence-electron chi connectivity index (χ0n) is 13.9. The Morgan fingerprint density at radius 2 is 2.00 bits per heavy atom. The minimum atomic E-state index is -0.233. The Bertz CT molecular complexity index is 787. The summed E-state index contributed by atoms with van der Waals surface area (Å²) in [6.07, 6.45) is 7.77. The zero-order valence-corrected chi connectivity index (χ0v) is 13.9. The van der Waals surface area contributed by atoms with Crippen molar-refractivity contribution in [2.75, 3.05) is 13.1 Å². The van der Waals surface area contributed by atoms with Gasteiger partial charge in [-0.2, -0.15) is 0 Å². The summed E-state index contributed by atoms with van der Waals surface area (Å²) in [6, 6.07) is 8.31. The van der Waals surface area contributed by atoms with Crippen LogP contribution >= 0.6 is 0 Å². The highest BCUT2D eigenvalue weighted by Crippen LogP contribution is 2.25. The van der Waals surface area contributed by atoms with E-state index >= 15 is 0 Å². The molecule has 1 fully saturated rings. The summed E-state index contributed by atoms with van der Waals surface area (Å²) in [4.78, 5) is 26.8. The van der Waals surface area contributed by atoms with Crippen LogP contribution in [0.3, 0.4) is 0 Å². The summed E-state index contributed by atoms with van der Waals surface area (Å²) >= 11 is 0. The second-order valence-electron chi connectivity index (χ2n) is 6.47. The Hall–Kier alpha value is -2.36. The lowest BCUT2D eigenvalue weighted by molar-refractivity contribution is 0.0704. The normalized spacial score (nSPS) is 15.3. The maximum absolute atomic E-state index is 12.8. The third-order valence-corrected chi connectivity index (χ3v) is 4.69. The molecule has 0 bridgehead atoms. The van der Waals surface area contributed by atoms with Gasteiger partial charge < -0.3 is 9.32 Å². The average Bonchev–Trinajstić information content (AvgIpc) is 2.61. The minimum Gasteiger partial charge on any atom is -0.451 e. The molecule has 126 valence electrons. The lowest BCUT2D eigenvalue weighted by Gasteiger charge is -2.28. The largest absolute Gasteiger partial charge is 0.451 e. The number of amides is 1. The lowest BCUT2D eigenvalue weighted by atomic mass is 9.89. The molecule has 1 aromatic carbocycles. The first-order valence-corrected chi connectivity index (χ1v) is 8.62. The molecular formula is C20H23NO3.